The fourth-order valence-electron chi connectivity index (χ4n) is 2.56. The van der Waals surface area contributed by atoms with Gasteiger partial charge in [0.25, 0.3) is 11.8 Å². The number of morpholine rings is 1. The third-order valence-corrected chi connectivity index (χ3v) is 3.91. The van der Waals surface area contributed by atoms with Crippen LogP contribution in [0.25, 0.3) is 0 Å². The van der Waals surface area contributed by atoms with Crippen LogP contribution in [0.1, 0.15) is 26.4 Å². The predicted molar refractivity (Wildman–Crippen MR) is 91.2 cm³/mol. The van der Waals surface area contributed by atoms with Crippen LogP contribution in [0.15, 0.2) is 36.8 Å². The molecule has 25 heavy (non-hydrogen) atoms. The second-order valence-electron chi connectivity index (χ2n) is 5.60. The van der Waals surface area contributed by atoms with Crippen molar-refractivity contribution in [1.82, 2.24) is 20.8 Å². The van der Waals surface area contributed by atoms with Crippen LogP contribution in [0.3, 0.4) is 0 Å². The van der Waals surface area contributed by atoms with Crippen molar-refractivity contribution in [3.63, 3.8) is 0 Å². The summed E-state index contributed by atoms with van der Waals surface area (Å²) in [4.78, 5) is 34.1. The zero-order valence-electron chi connectivity index (χ0n) is 13.9. The minimum atomic E-state index is -0.526. The van der Waals surface area contributed by atoms with E-state index in [1.54, 1.807) is 6.07 Å². The smallest absolute Gasteiger partial charge is 0.289 e. The molecule has 1 aromatic heterocycles. The van der Waals surface area contributed by atoms with Crippen molar-refractivity contribution < 1.29 is 14.3 Å². The van der Waals surface area contributed by atoms with Crippen molar-refractivity contribution >= 4 is 17.5 Å². The Morgan fingerprint density at radius 1 is 1.12 bits per heavy atom. The summed E-state index contributed by atoms with van der Waals surface area (Å²) < 4.78 is 5.37. The van der Waals surface area contributed by atoms with Crippen LogP contribution < -0.4 is 15.8 Å². The van der Waals surface area contributed by atoms with Gasteiger partial charge in [-0.3, -0.25) is 25.4 Å². The molecule has 8 nitrogen and oxygen atoms in total. The van der Waals surface area contributed by atoms with Crippen LogP contribution in [-0.4, -0.2) is 48.1 Å². The van der Waals surface area contributed by atoms with E-state index in [1.165, 1.54) is 18.6 Å². The number of carbonyl (C=O) groups is 2. The van der Waals surface area contributed by atoms with Crippen LogP contribution in [0.2, 0.25) is 0 Å². The maximum Gasteiger partial charge on any atom is 0.289 e. The van der Waals surface area contributed by atoms with E-state index in [0.29, 0.717) is 18.8 Å². The van der Waals surface area contributed by atoms with Crippen molar-refractivity contribution in [2.45, 2.75) is 6.92 Å². The monoisotopic (exact) mass is 341 g/mol. The highest BCUT2D eigenvalue weighted by molar-refractivity contribution is 5.98. The lowest BCUT2D eigenvalue weighted by Crippen LogP contribution is -2.42. The maximum atomic E-state index is 12.3. The standard InChI is InChI=1S/C17H19N5O3/c1-12-2-3-13(10-15(12)22-6-8-25-9-7-22)16(23)20-21-17(24)14-11-18-4-5-19-14/h2-5,10-11H,6-9H2,1H3,(H,20,23)(H,21,24). The first-order chi connectivity index (χ1) is 12.1. The molecule has 2 N–H and O–H groups in total. The molecule has 8 heteroatoms. The number of hydrazine groups is 1. The summed E-state index contributed by atoms with van der Waals surface area (Å²) in [6.07, 6.45) is 4.20. The van der Waals surface area contributed by atoms with Crippen molar-refractivity contribution in [3.8, 4) is 0 Å². The van der Waals surface area contributed by atoms with Gasteiger partial charge in [-0.15, -0.1) is 0 Å². The molecule has 1 aliphatic heterocycles. The van der Waals surface area contributed by atoms with E-state index in [0.717, 1.165) is 24.3 Å². The molecule has 1 saturated heterocycles. The molecule has 0 atom stereocenters. The van der Waals surface area contributed by atoms with Gasteiger partial charge < -0.3 is 9.64 Å². The first-order valence-corrected chi connectivity index (χ1v) is 7.95. The summed E-state index contributed by atoms with van der Waals surface area (Å²) in [5.41, 5.74) is 7.41. The topological polar surface area (TPSA) is 96.5 Å². The van der Waals surface area contributed by atoms with E-state index >= 15 is 0 Å². The van der Waals surface area contributed by atoms with Crippen molar-refractivity contribution in [1.29, 1.82) is 0 Å². The van der Waals surface area contributed by atoms with E-state index in [2.05, 4.69) is 25.7 Å². The number of rotatable bonds is 3. The Kier molecular flexibility index (Phi) is 5.20. The lowest BCUT2D eigenvalue weighted by molar-refractivity contribution is 0.0843. The Morgan fingerprint density at radius 3 is 2.60 bits per heavy atom. The molecule has 2 heterocycles. The Hall–Kier alpha value is -3.00. The van der Waals surface area contributed by atoms with Crippen LogP contribution in [-0.2, 0) is 4.74 Å². The van der Waals surface area contributed by atoms with Crippen LogP contribution >= 0.6 is 0 Å². The fourth-order valence-corrected chi connectivity index (χ4v) is 2.56. The normalized spacial score (nSPS) is 14.0. The van der Waals surface area contributed by atoms with E-state index in [1.807, 2.05) is 19.1 Å². The first kappa shape index (κ1) is 16.8. The molecule has 0 saturated carbocycles. The second kappa shape index (κ2) is 7.71. The van der Waals surface area contributed by atoms with Crippen molar-refractivity contribution in [2.24, 2.45) is 0 Å². The van der Waals surface area contributed by atoms with Gasteiger partial charge in [0.2, 0.25) is 0 Å². The van der Waals surface area contributed by atoms with Crippen LogP contribution in [0.4, 0.5) is 5.69 Å². The number of aryl methyl sites for hydroxylation is 1. The lowest BCUT2D eigenvalue weighted by Gasteiger charge is -2.30. The van der Waals surface area contributed by atoms with E-state index in [4.69, 9.17) is 4.74 Å². The number of amides is 2. The van der Waals surface area contributed by atoms with Gasteiger partial charge in [-0.25, -0.2) is 4.98 Å². The molecule has 0 aliphatic carbocycles. The van der Waals surface area contributed by atoms with Gasteiger partial charge in [0, 0.05) is 36.7 Å². The number of benzene rings is 1. The van der Waals surface area contributed by atoms with Gasteiger partial charge in [-0.2, -0.15) is 0 Å². The SMILES string of the molecule is Cc1ccc(C(=O)NNC(=O)c2cnccn2)cc1N1CCOCC1. The molecule has 0 spiro atoms. The summed E-state index contributed by atoms with van der Waals surface area (Å²) >= 11 is 0. The largest absolute Gasteiger partial charge is 0.378 e. The Balaban J connectivity index is 1.66. The van der Waals surface area contributed by atoms with Gasteiger partial charge in [-0.05, 0) is 24.6 Å². The third-order valence-electron chi connectivity index (χ3n) is 3.91. The van der Waals surface area contributed by atoms with Crippen molar-refractivity contribution in [3.05, 3.63) is 53.6 Å². The number of carbonyl (C=O) groups excluding carboxylic acids is 2. The van der Waals surface area contributed by atoms with Gasteiger partial charge in [0.15, 0.2) is 0 Å². The molecule has 0 bridgehead atoms. The van der Waals surface area contributed by atoms with Gasteiger partial charge in [0.1, 0.15) is 5.69 Å². The molecule has 1 fully saturated rings. The summed E-state index contributed by atoms with van der Waals surface area (Å²) in [7, 11) is 0. The lowest BCUT2D eigenvalue weighted by atomic mass is 10.1. The summed E-state index contributed by atoms with van der Waals surface area (Å²) in [6.45, 7) is 4.92. The van der Waals surface area contributed by atoms with Crippen LogP contribution in [0.5, 0.6) is 0 Å². The van der Waals surface area contributed by atoms with Crippen LogP contribution in [0, 0.1) is 6.92 Å². The van der Waals surface area contributed by atoms with E-state index in [-0.39, 0.29) is 5.69 Å². The number of hydrogen-bond donors (Lipinski definition) is 2. The predicted octanol–water partition coefficient (Wildman–Crippen LogP) is 0.696. The average molecular weight is 341 g/mol. The molecule has 0 radical (unpaired) electrons. The molecular formula is C17H19N5O3. The molecule has 0 unspecified atom stereocenters. The summed E-state index contributed by atoms with van der Waals surface area (Å²) in [5, 5.41) is 0. The summed E-state index contributed by atoms with van der Waals surface area (Å²) in [5.74, 6) is -0.922. The van der Waals surface area contributed by atoms with Gasteiger partial charge in [-0.1, -0.05) is 6.07 Å². The molecule has 1 aromatic carbocycles. The third kappa shape index (κ3) is 4.10. The number of nitrogens with one attached hydrogen (secondary N) is 2. The molecule has 130 valence electrons. The quantitative estimate of drug-likeness (QED) is 0.798. The zero-order chi connectivity index (χ0) is 17.6. The molecular weight excluding hydrogens is 322 g/mol. The first-order valence-electron chi connectivity index (χ1n) is 7.95. The maximum absolute atomic E-state index is 12.3. The number of nitrogens with zero attached hydrogens (tertiary/aromatic N) is 3. The zero-order valence-corrected chi connectivity index (χ0v) is 13.9. The second-order valence-corrected chi connectivity index (χ2v) is 5.60. The van der Waals surface area contributed by atoms with E-state index < -0.39 is 11.8 Å². The Morgan fingerprint density at radius 2 is 1.88 bits per heavy atom. The fraction of sp³-hybridized carbons (Fsp3) is 0.294. The highest BCUT2D eigenvalue weighted by Gasteiger charge is 2.16. The number of aromatic nitrogens is 2. The molecule has 2 aromatic rings. The number of hydrogen-bond acceptors (Lipinski definition) is 6. The van der Waals surface area contributed by atoms with Gasteiger partial charge in [0.05, 0.1) is 19.4 Å². The van der Waals surface area contributed by atoms with Crippen molar-refractivity contribution in [2.75, 3.05) is 31.2 Å². The van der Waals surface area contributed by atoms with E-state index in [9.17, 15) is 9.59 Å². The molecule has 1 aliphatic rings. The van der Waals surface area contributed by atoms with Gasteiger partial charge >= 0.3 is 0 Å². The Labute approximate surface area is 145 Å². The highest BCUT2D eigenvalue weighted by Crippen LogP contribution is 2.22. The number of anilines is 1. The Bertz CT molecular complexity index is 760. The number of ether oxygens (including phenoxy) is 1. The minimum absolute atomic E-state index is 0.126. The summed E-state index contributed by atoms with van der Waals surface area (Å²) in [6, 6.07) is 5.44. The highest BCUT2D eigenvalue weighted by atomic mass is 16.5. The average Bonchev–Trinajstić information content (AvgIpc) is 2.67. The molecule has 3 rings (SSSR count). The minimum Gasteiger partial charge on any atom is -0.378 e. The molecule has 2 amide bonds.